The number of hydrogen-bond donors (Lipinski definition) is 2. The second-order valence-corrected chi connectivity index (χ2v) is 4.79. The van der Waals surface area contributed by atoms with Gasteiger partial charge in [-0.1, -0.05) is 29.3 Å². The summed E-state index contributed by atoms with van der Waals surface area (Å²) in [6, 6.07) is 7.25. The Labute approximate surface area is 116 Å². The average molecular weight is 282 g/mol. The molecule has 0 bridgehead atoms. The van der Waals surface area contributed by atoms with Crippen LogP contribution in [-0.2, 0) is 6.54 Å². The topological polar surface area (TPSA) is 50.9 Å². The fourth-order valence-electron chi connectivity index (χ4n) is 1.64. The van der Waals surface area contributed by atoms with Crippen molar-refractivity contribution in [3.63, 3.8) is 0 Å². The van der Waals surface area contributed by atoms with Crippen LogP contribution in [-0.4, -0.2) is 4.98 Å². The number of rotatable bonds is 3. The maximum absolute atomic E-state index is 6.09. The molecule has 0 aliphatic carbocycles. The van der Waals surface area contributed by atoms with E-state index in [-0.39, 0.29) is 0 Å². The van der Waals surface area contributed by atoms with Crippen LogP contribution in [0.15, 0.2) is 30.5 Å². The van der Waals surface area contributed by atoms with Crippen LogP contribution < -0.4 is 11.1 Å². The highest BCUT2D eigenvalue weighted by atomic mass is 35.5. The third-order valence-electron chi connectivity index (χ3n) is 2.61. The Morgan fingerprint density at radius 2 is 1.94 bits per heavy atom. The van der Waals surface area contributed by atoms with Gasteiger partial charge in [-0.15, -0.1) is 0 Å². The van der Waals surface area contributed by atoms with E-state index in [2.05, 4.69) is 10.3 Å². The lowest BCUT2D eigenvalue weighted by Crippen LogP contribution is -2.04. The average Bonchev–Trinajstić information content (AvgIpc) is 2.30. The Hall–Kier alpha value is -1.45. The van der Waals surface area contributed by atoms with Crippen molar-refractivity contribution < 1.29 is 0 Å². The van der Waals surface area contributed by atoms with Gasteiger partial charge in [0.15, 0.2) is 0 Å². The van der Waals surface area contributed by atoms with Gasteiger partial charge >= 0.3 is 0 Å². The summed E-state index contributed by atoms with van der Waals surface area (Å²) in [5.41, 5.74) is 8.95. The Morgan fingerprint density at radius 1 is 1.28 bits per heavy atom. The van der Waals surface area contributed by atoms with Crippen molar-refractivity contribution in [2.24, 2.45) is 0 Å². The van der Waals surface area contributed by atoms with Crippen LogP contribution in [0.25, 0.3) is 0 Å². The van der Waals surface area contributed by atoms with Gasteiger partial charge in [0.25, 0.3) is 0 Å². The molecular weight excluding hydrogens is 269 g/mol. The molecule has 0 saturated carbocycles. The molecule has 0 fully saturated rings. The first-order valence-electron chi connectivity index (χ1n) is 5.47. The van der Waals surface area contributed by atoms with Gasteiger partial charge in [-0.25, -0.2) is 0 Å². The van der Waals surface area contributed by atoms with Crippen LogP contribution in [0.3, 0.4) is 0 Å². The number of hydrogen-bond acceptors (Lipinski definition) is 3. The number of pyridine rings is 1. The largest absolute Gasteiger partial charge is 0.399 e. The molecule has 0 aliphatic rings. The number of nitrogens with two attached hydrogens (primary N) is 1. The molecule has 0 unspecified atom stereocenters. The molecule has 1 aromatic heterocycles. The second-order valence-electron chi connectivity index (χ2n) is 3.98. The summed E-state index contributed by atoms with van der Waals surface area (Å²) in [5.74, 6) is 0. The minimum atomic E-state index is 0.508. The Bertz CT molecular complexity index is 547. The number of nitrogens with zero attached hydrogens (tertiary/aromatic N) is 1. The van der Waals surface area contributed by atoms with Gasteiger partial charge in [-0.3, -0.25) is 4.98 Å². The van der Waals surface area contributed by atoms with E-state index in [4.69, 9.17) is 28.9 Å². The number of anilines is 2. The van der Waals surface area contributed by atoms with Gasteiger partial charge in [-0.05, 0) is 30.7 Å². The van der Waals surface area contributed by atoms with Gasteiger partial charge in [0.2, 0.25) is 0 Å². The first-order chi connectivity index (χ1) is 8.58. The summed E-state index contributed by atoms with van der Waals surface area (Å²) in [5, 5.41) is 4.20. The van der Waals surface area contributed by atoms with Crippen LogP contribution in [0, 0.1) is 6.92 Å². The number of nitrogens with one attached hydrogen (secondary N) is 1. The first kappa shape index (κ1) is 13.0. The van der Waals surface area contributed by atoms with Crippen molar-refractivity contribution >= 4 is 34.6 Å². The van der Waals surface area contributed by atoms with Crippen LogP contribution in [0.5, 0.6) is 0 Å². The van der Waals surface area contributed by atoms with Crippen LogP contribution in [0.2, 0.25) is 10.0 Å². The lowest BCUT2D eigenvalue weighted by molar-refractivity contribution is 1.02. The summed E-state index contributed by atoms with van der Waals surface area (Å²) in [6.07, 6.45) is 1.76. The molecule has 2 rings (SSSR count). The zero-order chi connectivity index (χ0) is 13.1. The third kappa shape index (κ3) is 2.86. The zero-order valence-electron chi connectivity index (χ0n) is 9.87. The van der Waals surface area contributed by atoms with Gasteiger partial charge in [0.1, 0.15) is 0 Å². The number of aryl methyl sites for hydroxylation is 1. The smallest absolute Gasteiger partial charge is 0.0723 e. The summed E-state index contributed by atoms with van der Waals surface area (Å²) in [7, 11) is 0. The maximum Gasteiger partial charge on any atom is 0.0723 e. The quantitative estimate of drug-likeness (QED) is 0.840. The number of halogens is 2. The van der Waals surface area contributed by atoms with Crippen molar-refractivity contribution in [3.05, 3.63) is 51.8 Å². The fourth-order valence-corrected chi connectivity index (χ4v) is 2.27. The number of aromatic nitrogens is 1. The minimum Gasteiger partial charge on any atom is -0.399 e. The summed E-state index contributed by atoms with van der Waals surface area (Å²) in [4.78, 5) is 4.30. The van der Waals surface area contributed by atoms with Crippen LogP contribution >= 0.6 is 23.2 Å². The zero-order valence-corrected chi connectivity index (χ0v) is 11.4. The van der Waals surface area contributed by atoms with Gasteiger partial charge in [0, 0.05) is 11.9 Å². The molecule has 2 aromatic rings. The van der Waals surface area contributed by atoms with Crippen LogP contribution in [0.1, 0.15) is 11.3 Å². The molecule has 3 nitrogen and oxygen atoms in total. The highest BCUT2D eigenvalue weighted by molar-refractivity contribution is 6.39. The van der Waals surface area contributed by atoms with Gasteiger partial charge in [0.05, 0.1) is 28.0 Å². The van der Waals surface area contributed by atoms with E-state index in [0.717, 1.165) is 11.3 Å². The van der Waals surface area contributed by atoms with Crippen molar-refractivity contribution in [1.82, 2.24) is 4.98 Å². The van der Waals surface area contributed by atoms with Crippen LogP contribution in [0.4, 0.5) is 11.4 Å². The van der Waals surface area contributed by atoms with Gasteiger partial charge < -0.3 is 11.1 Å². The lowest BCUT2D eigenvalue weighted by Gasteiger charge is -2.12. The number of nitrogen functional groups attached to an aromatic ring is 1. The molecule has 94 valence electrons. The fraction of sp³-hybridized carbons (Fsp3) is 0.154. The van der Waals surface area contributed by atoms with E-state index >= 15 is 0 Å². The lowest BCUT2D eigenvalue weighted by atomic mass is 10.2. The molecule has 18 heavy (non-hydrogen) atoms. The Balaban J connectivity index is 2.19. The summed E-state index contributed by atoms with van der Waals surface area (Å²) in [6.45, 7) is 2.58. The predicted molar refractivity (Wildman–Crippen MR) is 77.2 cm³/mol. The molecular formula is C13H13Cl2N3. The Kier molecular flexibility index (Phi) is 3.94. The molecule has 0 saturated heterocycles. The van der Waals surface area contributed by atoms with Crippen molar-refractivity contribution in [2.75, 3.05) is 11.1 Å². The van der Waals surface area contributed by atoms with E-state index in [1.165, 1.54) is 0 Å². The van der Waals surface area contributed by atoms with E-state index < -0.39 is 0 Å². The minimum absolute atomic E-state index is 0.508. The van der Waals surface area contributed by atoms with Crippen molar-refractivity contribution in [2.45, 2.75) is 13.5 Å². The predicted octanol–water partition coefficient (Wildman–Crippen LogP) is 3.89. The molecule has 0 aliphatic heterocycles. The molecule has 0 spiro atoms. The normalized spacial score (nSPS) is 10.4. The summed E-state index contributed by atoms with van der Waals surface area (Å²) >= 11 is 12.2. The monoisotopic (exact) mass is 281 g/mol. The molecule has 1 aromatic carbocycles. The molecule has 0 amide bonds. The molecule has 1 heterocycles. The molecule has 5 heteroatoms. The highest BCUT2D eigenvalue weighted by Crippen LogP contribution is 2.33. The Morgan fingerprint density at radius 3 is 2.56 bits per heavy atom. The van der Waals surface area contributed by atoms with E-state index in [9.17, 15) is 0 Å². The molecule has 0 atom stereocenters. The molecule has 0 radical (unpaired) electrons. The SMILES string of the molecule is Cc1cccnc1CNc1c(Cl)cc(N)cc1Cl. The van der Waals surface area contributed by atoms with Gasteiger partial charge in [-0.2, -0.15) is 0 Å². The van der Waals surface area contributed by atoms with Crippen molar-refractivity contribution in [1.29, 1.82) is 0 Å². The maximum atomic E-state index is 6.09. The van der Waals surface area contributed by atoms with E-state index in [0.29, 0.717) is 28.0 Å². The standard InChI is InChI=1S/C13H13Cl2N3/c1-8-3-2-4-17-12(8)7-18-13-10(14)5-9(16)6-11(13)15/h2-6,18H,7,16H2,1H3. The number of benzene rings is 1. The second kappa shape index (κ2) is 5.46. The van der Waals surface area contributed by atoms with E-state index in [1.807, 2.05) is 19.1 Å². The first-order valence-corrected chi connectivity index (χ1v) is 6.22. The third-order valence-corrected chi connectivity index (χ3v) is 3.21. The highest BCUT2D eigenvalue weighted by Gasteiger charge is 2.08. The summed E-state index contributed by atoms with van der Waals surface area (Å²) < 4.78 is 0. The molecule has 3 N–H and O–H groups in total. The van der Waals surface area contributed by atoms with E-state index in [1.54, 1.807) is 18.3 Å². The van der Waals surface area contributed by atoms with Crippen molar-refractivity contribution in [3.8, 4) is 0 Å².